The summed E-state index contributed by atoms with van der Waals surface area (Å²) in [5.74, 6) is -1.16. The van der Waals surface area contributed by atoms with E-state index in [1.54, 1.807) is 17.0 Å². The van der Waals surface area contributed by atoms with E-state index in [0.717, 1.165) is 16.5 Å². The number of carbonyl (C=O) groups is 2. The molecule has 1 aliphatic rings. The Balaban J connectivity index is 1.22. The fraction of sp³-hybridized carbons (Fsp3) is 0.200. The van der Waals surface area contributed by atoms with Crippen LogP contribution >= 0.6 is 0 Å². The van der Waals surface area contributed by atoms with Gasteiger partial charge in [-0.15, -0.1) is 0 Å². The molecule has 0 spiro atoms. The van der Waals surface area contributed by atoms with Gasteiger partial charge in [-0.25, -0.2) is 0 Å². The van der Waals surface area contributed by atoms with Crippen LogP contribution in [0.4, 0.5) is 37.7 Å². The molecule has 4 aromatic rings. The Morgan fingerprint density at radius 1 is 0.634 bits per heavy atom. The van der Waals surface area contributed by atoms with Gasteiger partial charge in [0.15, 0.2) is 0 Å². The van der Waals surface area contributed by atoms with E-state index < -0.39 is 35.0 Å². The molecule has 11 heteroatoms. The molecule has 4 aromatic carbocycles. The van der Waals surface area contributed by atoms with Gasteiger partial charge in [0.2, 0.25) is 0 Å². The first-order valence-corrected chi connectivity index (χ1v) is 12.6. The zero-order chi connectivity index (χ0) is 29.4. The van der Waals surface area contributed by atoms with Crippen LogP contribution in [-0.2, 0) is 12.4 Å². The van der Waals surface area contributed by atoms with Crippen molar-refractivity contribution in [3.05, 3.63) is 107 Å². The van der Waals surface area contributed by atoms with E-state index in [-0.39, 0.29) is 17.7 Å². The molecule has 0 aromatic heterocycles. The molecule has 1 saturated heterocycles. The fourth-order valence-corrected chi connectivity index (χ4v) is 4.72. The van der Waals surface area contributed by atoms with Crippen LogP contribution in [-0.4, -0.2) is 42.9 Å². The minimum Gasteiger partial charge on any atom is -0.368 e. The van der Waals surface area contributed by atoms with Crippen molar-refractivity contribution >= 4 is 34.0 Å². The Morgan fingerprint density at radius 2 is 1.22 bits per heavy atom. The van der Waals surface area contributed by atoms with E-state index in [2.05, 4.69) is 5.32 Å². The van der Waals surface area contributed by atoms with Crippen LogP contribution in [0.1, 0.15) is 31.8 Å². The molecule has 1 N–H and O–H groups in total. The topological polar surface area (TPSA) is 52.7 Å². The number of piperazine rings is 1. The van der Waals surface area contributed by atoms with Crippen molar-refractivity contribution < 1.29 is 35.9 Å². The Morgan fingerprint density at radius 3 is 1.80 bits per heavy atom. The van der Waals surface area contributed by atoms with Gasteiger partial charge in [-0.3, -0.25) is 9.59 Å². The van der Waals surface area contributed by atoms with Crippen LogP contribution in [0, 0.1) is 0 Å². The number of anilines is 2. The molecule has 1 fully saturated rings. The lowest BCUT2D eigenvalue weighted by Gasteiger charge is -2.36. The van der Waals surface area contributed by atoms with E-state index in [0.29, 0.717) is 43.9 Å². The molecule has 0 saturated carbocycles. The second-order valence-electron chi connectivity index (χ2n) is 9.64. The van der Waals surface area contributed by atoms with Gasteiger partial charge in [-0.1, -0.05) is 30.3 Å². The quantitative estimate of drug-likeness (QED) is 0.266. The number of hydrogen-bond acceptors (Lipinski definition) is 3. The van der Waals surface area contributed by atoms with Crippen molar-refractivity contribution in [1.82, 2.24) is 4.90 Å². The van der Waals surface area contributed by atoms with Crippen LogP contribution in [0.3, 0.4) is 0 Å². The zero-order valence-electron chi connectivity index (χ0n) is 21.4. The van der Waals surface area contributed by atoms with Crippen molar-refractivity contribution in [1.29, 1.82) is 0 Å². The van der Waals surface area contributed by atoms with Gasteiger partial charge in [0.25, 0.3) is 11.8 Å². The van der Waals surface area contributed by atoms with Gasteiger partial charge in [-0.2, -0.15) is 26.3 Å². The van der Waals surface area contributed by atoms with Gasteiger partial charge < -0.3 is 15.1 Å². The monoisotopic (exact) mass is 571 g/mol. The van der Waals surface area contributed by atoms with E-state index in [4.69, 9.17) is 0 Å². The Hall–Kier alpha value is -4.54. The van der Waals surface area contributed by atoms with Crippen molar-refractivity contribution in [2.75, 3.05) is 36.4 Å². The Bertz CT molecular complexity index is 1560. The third-order valence-corrected chi connectivity index (χ3v) is 6.90. The van der Waals surface area contributed by atoms with E-state index in [1.165, 1.54) is 12.1 Å². The molecule has 212 valence electrons. The first-order valence-electron chi connectivity index (χ1n) is 12.6. The number of fused-ring (bicyclic) bond motifs is 1. The van der Waals surface area contributed by atoms with Crippen molar-refractivity contribution in [2.45, 2.75) is 12.4 Å². The summed E-state index contributed by atoms with van der Waals surface area (Å²) in [4.78, 5) is 29.4. The van der Waals surface area contributed by atoms with Crippen molar-refractivity contribution in [3.63, 3.8) is 0 Å². The molecule has 1 heterocycles. The summed E-state index contributed by atoms with van der Waals surface area (Å²) in [7, 11) is 0. The number of rotatable bonds is 4. The minimum absolute atomic E-state index is 0.0271. The number of hydrogen-bond donors (Lipinski definition) is 1. The van der Waals surface area contributed by atoms with E-state index in [1.807, 2.05) is 47.4 Å². The molecule has 41 heavy (non-hydrogen) atoms. The maximum absolute atomic E-state index is 13.1. The van der Waals surface area contributed by atoms with Crippen LogP contribution in [0.5, 0.6) is 0 Å². The Kier molecular flexibility index (Phi) is 7.37. The molecule has 0 radical (unpaired) electrons. The highest BCUT2D eigenvalue weighted by Crippen LogP contribution is 2.36. The van der Waals surface area contributed by atoms with Crippen LogP contribution in [0.2, 0.25) is 0 Å². The second-order valence-corrected chi connectivity index (χ2v) is 9.64. The predicted octanol–water partition coefficient (Wildman–Crippen LogP) is 7.09. The summed E-state index contributed by atoms with van der Waals surface area (Å²) in [5.41, 5.74) is -2.28. The highest BCUT2D eigenvalue weighted by atomic mass is 19.4. The van der Waals surface area contributed by atoms with Crippen LogP contribution in [0.15, 0.2) is 84.9 Å². The summed E-state index contributed by atoms with van der Waals surface area (Å²) in [6.07, 6.45) is -10.1. The van der Waals surface area contributed by atoms with Gasteiger partial charge >= 0.3 is 12.4 Å². The Labute approximate surface area is 231 Å². The van der Waals surface area contributed by atoms with Gasteiger partial charge in [-0.05, 0) is 65.4 Å². The highest BCUT2D eigenvalue weighted by molar-refractivity contribution is 6.04. The third kappa shape index (κ3) is 6.29. The summed E-state index contributed by atoms with van der Waals surface area (Å²) >= 11 is 0. The normalized spacial score (nSPS) is 14.3. The van der Waals surface area contributed by atoms with E-state index in [9.17, 15) is 35.9 Å². The van der Waals surface area contributed by atoms with Crippen LogP contribution < -0.4 is 10.2 Å². The summed E-state index contributed by atoms with van der Waals surface area (Å²) < 4.78 is 78.8. The average Bonchev–Trinajstić information content (AvgIpc) is 2.96. The summed E-state index contributed by atoms with van der Waals surface area (Å²) in [6.45, 7) is 2.08. The first kappa shape index (κ1) is 28.0. The number of carbonyl (C=O) groups excluding carboxylic acids is 2. The molecule has 0 aliphatic carbocycles. The molecule has 0 bridgehead atoms. The standard InChI is InChI=1S/C30H23F6N3O2/c31-29(32,33)23-16-22(17-24(18-23)30(34,35)36)27(40)37-25-7-9-26(10-8-25)38-11-13-39(14-12-38)28(41)21-6-5-19-3-1-2-4-20(19)15-21/h1-10,15-18H,11-14H2,(H,37,40). The molecular formula is C30H23F6N3O2. The number of nitrogens with one attached hydrogen (secondary N) is 1. The van der Waals surface area contributed by atoms with Crippen molar-refractivity contribution in [3.8, 4) is 0 Å². The molecule has 5 nitrogen and oxygen atoms in total. The summed E-state index contributed by atoms with van der Waals surface area (Å²) in [6, 6.07) is 20.5. The zero-order valence-corrected chi connectivity index (χ0v) is 21.4. The number of alkyl halides is 6. The average molecular weight is 572 g/mol. The largest absolute Gasteiger partial charge is 0.416 e. The SMILES string of the molecule is O=C(Nc1ccc(N2CCN(C(=O)c3ccc4ccccc4c3)CC2)cc1)c1cc(C(F)(F)F)cc(C(F)(F)F)c1. The minimum atomic E-state index is -5.05. The predicted molar refractivity (Wildman–Crippen MR) is 143 cm³/mol. The number of amides is 2. The fourth-order valence-electron chi connectivity index (χ4n) is 4.72. The molecule has 5 rings (SSSR count). The lowest BCUT2D eigenvalue weighted by atomic mass is 10.0. The number of benzene rings is 4. The smallest absolute Gasteiger partial charge is 0.368 e. The number of nitrogens with zero attached hydrogens (tertiary/aromatic N) is 2. The maximum Gasteiger partial charge on any atom is 0.416 e. The van der Waals surface area contributed by atoms with Gasteiger partial charge in [0.05, 0.1) is 11.1 Å². The molecule has 0 atom stereocenters. The first-order chi connectivity index (χ1) is 19.4. The second kappa shape index (κ2) is 10.8. The lowest BCUT2D eigenvalue weighted by molar-refractivity contribution is -0.143. The summed E-state index contributed by atoms with van der Waals surface area (Å²) in [5, 5.41) is 4.39. The van der Waals surface area contributed by atoms with E-state index >= 15 is 0 Å². The molecular weight excluding hydrogens is 548 g/mol. The van der Waals surface area contributed by atoms with Gasteiger partial charge in [0.1, 0.15) is 0 Å². The van der Waals surface area contributed by atoms with Gasteiger partial charge in [0, 0.05) is 48.7 Å². The maximum atomic E-state index is 13.1. The third-order valence-electron chi connectivity index (χ3n) is 6.90. The van der Waals surface area contributed by atoms with Crippen LogP contribution in [0.25, 0.3) is 10.8 Å². The molecule has 2 amide bonds. The van der Waals surface area contributed by atoms with Crippen molar-refractivity contribution in [2.24, 2.45) is 0 Å². The number of halogens is 6. The molecule has 1 aliphatic heterocycles. The molecule has 0 unspecified atom stereocenters. The lowest BCUT2D eigenvalue weighted by Crippen LogP contribution is -2.48. The highest BCUT2D eigenvalue weighted by Gasteiger charge is 2.37.